The third kappa shape index (κ3) is 3.47. The minimum Gasteiger partial charge on any atom is -0.478 e. The maximum atomic E-state index is 12.4. The van der Waals surface area contributed by atoms with Gasteiger partial charge in [0.05, 0.1) is 11.1 Å². The van der Waals surface area contributed by atoms with Crippen LogP contribution in [0.1, 0.15) is 40.0 Å². The molecule has 6 heteroatoms. The maximum absolute atomic E-state index is 12.4. The minimum atomic E-state index is -0.976. The van der Waals surface area contributed by atoms with Crippen molar-refractivity contribution < 1.29 is 14.7 Å². The number of hydrogen-bond donors (Lipinski definition) is 2. The molecule has 1 saturated carbocycles. The van der Waals surface area contributed by atoms with E-state index in [4.69, 9.17) is 4.98 Å². The van der Waals surface area contributed by atoms with Gasteiger partial charge in [0.1, 0.15) is 5.82 Å². The minimum absolute atomic E-state index is 0.175. The van der Waals surface area contributed by atoms with Crippen molar-refractivity contribution in [2.24, 2.45) is 5.92 Å². The summed E-state index contributed by atoms with van der Waals surface area (Å²) in [6.45, 7) is 0. The Hall–Kier alpha value is -3.25. The Morgan fingerprint density at radius 1 is 1.07 bits per heavy atom. The first-order valence-electron chi connectivity index (χ1n) is 9.53. The summed E-state index contributed by atoms with van der Waals surface area (Å²) in [5.41, 5.74) is 2.33. The number of anilines is 2. The molecule has 0 saturated heterocycles. The van der Waals surface area contributed by atoms with Crippen LogP contribution in [0.15, 0.2) is 53.9 Å². The highest BCUT2D eigenvalue weighted by molar-refractivity contribution is 7.18. The Bertz CT molecular complexity index is 1270. The highest BCUT2D eigenvalue weighted by atomic mass is 32.1. The molecular formula is C23H18N2O3S. The molecule has 1 aliphatic carbocycles. The largest absolute Gasteiger partial charge is 0.478 e. The average molecular weight is 402 g/mol. The predicted octanol–water partition coefficient (Wildman–Crippen LogP) is 5.87. The quantitative estimate of drug-likeness (QED) is 0.394. The molecule has 0 unspecified atom stereocenters. The van der Waals surface area contributed by atoms with E-state index in [0.29, 0.717) is 29.2 Å². The molecule has 0 bridgehead atoms. The van der Waals surface area contributed by atoms with Crippen LogP contribution in [0.3, 0.4) is 0 Å². The van der Waals surface area contributed by atoms with E-state index in [2.05, 4.69) is 5.32 Å². The summed E-state index contributed by atoms with van der Waals surface area (Å²) in [4.78, 5) is 28.5. The van der Waals surface area contributed by atoms with Gasteiger partial charge >= 0.3 is 5.97 Å². The number of hydrogen-bond acceptors (Lipinski definition) is 5. The lowest BCUT2D eigenvalue weighted by Crippen LogP contribution is -2.02. The molecule has 144 valence electrons. The topological polar surface area (TPSA) is 79.3 Å². The lowest BCUT2D eigenvalue weighted by Gasteiger charge is -2.11. The van der Waals surface area contributed by atoms with Crippen molar-refractivity contribution in [3.8, 4) is 0 Å². The molecule has 1 aliphatic rings. The molecule has 0 amide bonds. The van der Waals surface area contributed by atoms with Gasteiger partial charge in [0.25, 0.3) is 0 Å². The van der Waals surface area contributed by atoms with Gasteiger partial charge in [-0.15, -0.1) is 11.3 Å². The van der Waals surface area contributed by atoms with Gasteiger partial charge < -0.3 is 10.4 Å². The molecule has 5 nitrogen and oxygen atoms in total. The number of carboxylic acids is 1. The molecule has 5 rings (SSSR count). The number of thiophene rings is 1. The fourth-order valence-corrected chi connectivity index (χ4v) is 4.47. The fourth-order valence-electron chi connectivity index (χ4n) is 3.54. The van der Waals surface area contributed by atoms with Crippen molar-refractivity contribution in [1.29, 1.82) is 0 Å². The van der Waals surface area contributed by atoms with Gasteiger partial charge in [-0.2, -0.15) is 0 Å². The van der Waals surface area contributed by atoms with E-state index in [1.807, 2.05) is 41.8 Å². The number of benzene rings is 2. The fraction of sp³-hybridized carbons (Fsp3) is 0.174. The van der Waals surface area contributed by atoms with Gasteiger partial charge in [0.2, 0.25) is 0 Å². The SMILES string of the molecule is O=C(O)c1ccc2c(c1)nc(Nc1cccc(C(=O)CC3CC3)c1)c1ccsc12. The summed E-state index contributed by atoms with van der Waals surface area (Å²) < 4.78 is 1.05. The predicted molar refractivity (Wildman–Crippen MR) is 115 cm³/mol. The number of rotatable bonds is 6. The second-order valence-electron chi connectivity index (χ2n) is 7.44. The summed E-state index contributed by atoms with van der Waals surface area (Å²) in [6, 6.07) is 14.5. The van der Waals surface area contributed by atoms with Crippen molar-refractivity contribution in [2.45, 2.75) is 19.3 Å². The molecule has 2 aromatic carbocycles. The first-order chi connectivity index (χ1) is 14.1. The van der Waals surface area contributed by atoms with Gasteiger partial charge in [0.15, 0.2) is 5.78 Å². The normalized spacial score (nSPS) is 13.7. The van der Waals surface area contributed by atoms with Crippen LogP contribution in [0.25, 0.3) is 21.0 Å². The molecule has 0 spiro atoms. The number of aromatic carboxylic acids is 1. The first kappa shape index (κ1) is 17.8. The summed E-state index contributed by atoms with van der Waals surface area (Å²) in [5.74, 6) is 0.406. The van der Waals surface area contributed by atoms with E-state index in [9.17, 15) is 14.7 Å². The van der Waals surface area contributed by atoms with E-state index in [-0.39, 0.29) is 11.3 Å². The van der Waals surface area contributed by atoms with E-state index in [1.165, 1.54) is 0 Å². The molecule has 2 aromatic heterocycles. The Kier molecular flexibility index (Phi) is 4.28. The van der Waals surface area contributed by atoms with Crippen LogP contribution >= 0.6 is 11.3 Å². The second-order valence-corrected chi connectivity index (χ2v) is 8.35. The van der Waals surface area contributed by atoms with E-state index >= 15 is 0 Å². The molecule has 2 heterocycles. The smallest absolute Gasteiger partial charge is 0.335 e. The number of carbonyl (C=O) groups excluding carboxylic acids is 1. The zero-order valence-corrected chi connectivity index (χ0v) is 16.3. The zero-order valence-electron chi connectivity index (χ0n) is 15.5. The highest BCUT2D eigenvalue weighted by Gasteiger charge is 2.25. The summed E-state index contributed by atoms with van der Waals surface area (Å²) in [6.07, 6.45) is 2.92. The number of carboxylic acid groups (broad SMARTS) is 1. The van der Waals surface area contributed by atoms with Crippen LogP contribution in [0.5, 0.6) is 0 Å². The monoisotopic (exact) mass is 402 g/mol. The Labute approximate surface area is 171 Å². The zero-order chi connectivity index (χ0) is 20.0. The second kappa shape index (κ2) is 6.97. The van der Waals surface area contributed by atoms with E-state index in [1.54, 1.807) is 23.5 Å². The van der Waals surface area contributed by atoms with Gasteiger partial charge in [-0.05, 0) is 54.5 Å². The first-order valence-corrected chi connectivity index (χ1v) is 10.4. The molecule has 0 radical (unpaired) electrons. The van der Waals surface area contributed by atoms with Crippen LogP contribution in [0.4, 0.5) is 11.5 Å². The van der Waals surface area contributed by atoms with Gasteiger partial charge in [-0.1, -0.05) is 18.2 Å². The number of carbonyl (C=O) groups is 2. The number of nitrogens with one attached hydrogen (secondary N) is 1. The van der Waals surface area contributed by atoms with Crippen molar-refractivity contribution in [3.63, 3.8) is 0 Å². The van der Waals surface area contributed by atoms with E-state index < -0.39 is 5.97 Å². The Balaban J connectivity index is 1.54. The molecule has 0 aliphatic heterocycles. The standard InChI is InChI=1S/C23H18N2O3S/c26-20(10-13-4-5-13)14-2-1-3-16(11-14)24-22-18-8-9-29-21(18)17-7-6-15(23(27)28)12-19(17)25-22/h1-3,6-9,11-13H,4-5,10H2,(H,24,25)(H,27,28). The summed E-state index contributed by atoms with van der Waals surface area (Å²) >= 11 is 1.60. The number of fused-ring (bicyclic) bond motifs is 3. The van der Waals surface area contributed by atoms with Gasteiger partial charge in [0, 0.05) is 33.1 Å². The Morgan fingerprint density at radius 3 is 2.72 bits per heavy atom. The lowest BCUT2D eigenvalue weighted by atomic mass is 10.1. The molecule has 0 atom stereocenters. The molecular weight excluding hydrogens is 384 g/mol. The van der Waals surface area contributed by atoms with E-state index in [0.717, 1.165) is 34.0 Å². The maximum Gasteiger partial charge on any atom is 0.335 e. The number of nitrogens with zero attached hydrogens (tertiary/aromatic N) is 1. The molecule has 4 aromatic rings. The van der Waals surface area contributed by atoms with Crippen molar-refractivity contribution in [2.75, 3.05) is 5.32 Å². The molecule has 1 fully saturated rings. The Morgan fingerprint density at radius 2 is 1.93 bits per heavy atom. The number of ketones is 1. The van der Waals surface area contributed by atoms with Gasteiger partial charge in [-0.25, -0.2) is 9.78 Å². The molecule has 2 N–H and O–H groups in total. The van der Waals surface area contributed by atoms with Crippen LogP contribution < -0.4 is 5.32 Å². The number of aromatic nitrogens is 1. The van der Waals surface area contributed by atoms with Crippen molar-refractivity contribution >= 4 is 55.6 Å². The third-order valence-electron chi connectivity index (χ3n) is 5.26. The highest BCUT2D eigenvalue weighted by Crippen LogP contribution is 2.36. The summed E-state index contributed by atoms with van der Waals surface area (Å²) in [7, 11) is 0. The molecule has 29 heavy (non-hydrogen) atoms. The van der Waals surface area contributed by atoms with Crippen LogP contribution in [0.2, 0.25) is 0 Å². The van der Waals surface area contributed by atoms with Gasteiger partial charge in [-0.3, -0.25) is 4.79 Å². The van der Waals surface area contributed by atoms with Crippen LogP contribution in [-0.4, -0.2) is 21.8 Å². The van der Waals surface area contributed by atoms with Crippen molar-refractivity contribution in [3.05, 3.63) is 65.0 Å². The third-order valence-corrected chi connectivity index (χ3v) is 6.21. The van der Waals surface area contributed by atoms with Crippen LogP contribution in [0, 0.1) is 5.92 Å². The van der Waals surface area contributed by atoms with Crippen LogP contribution in [-0.2, 0) is 0 Å². The average Bonchev–Trinajstić information content (AvgIpc) is 3.39. The number of pyridine rings is 1. The van der Waals surface area contributed by atoms with Crippen molar-refractivity contribution in [1.82, 2.24) is 4.98 Å². The number of Topliss-reactive ketones (excluding diaryl/α,β-unsaturated/α-hetero) is 1. The lowest BCUT2D eigenvalue weighted by molar-refractivity contribution is 0.0696. The summed E-state index contributed by atoms with van der Waals surface area (Å²) in [5, 5.41) is 16.5.